The molecule has 3 aliphatic rings. The van der Waals surface area contributed by atoms with Crippen LogP contribution in [0.15, 0.2) is 0 Å². The van der Waals surface area contributed by atoms with Crippen LogP contribution in [0.4, 0.5) is 13.2 Å². The summed E-state index contributed by atoms with van der Waals surface area (Å²) in [5.74, 6) is -2.52. The van der Waals surface area contributed by atoms with Crippen molar-refractivity contribution in [3.8, 4) is 0 Å². The van der Waals surface area contributed by atoms with Gasteiger partial charge in [0, 0.05) is 25.6 Å². The van der Waals surface area contributed by atoms with Gasteiger partial charge in [0.2, 0.25) is 5.91 Å². The van der Waals surface area contributed by atoms with Gasteiger partial charge in [-0.2, -0.15) is 13.2 Å². The first-order chi connectivity index (χ1) is 10.4. The summed E-state index contributed by atoms with van der Waals surface area (Å²) in [4.78, 5) is 14.3. The predicted octanol–water partition coefficient (Wildman–Crippen LogP) is 2.96. The van der Waals surface area contributed by atoms with Crippen LogP contribution in [0.2, 0.25) is 0 Å². The van der Waals surface area contributed by atoms with Crippen molar-refractivity contribution in [3.63, 3.8) is 0 Å². The van der Waals surface area contributed by atoms with Crippen LogP contribution >= 0.6 is 0 Å². The Morgan fingerprint density at radius 3 is 2.36 bits per heavy atom. The van der Waals surface area contributed by atoms with E-state index in [0.717, 1.165) is 38.8 Å². The van der Waals surface area contributed by atoms with Gasteiger partial charge in [-0.15, -0.1) is 0 Å². The number of hydrogen-bond acceptors (Lipinski definition) is 2. The van der Waals surface area contributed by atoms with Gasteiger partial charge in [0.25, 0.3) is 0 Å². The Labute approximate surface area is 129 Å². The molecule has 2 aliphatic heterocycles. The molecule has 2 heterocycles. The molecule has 2 atom stereocenters. The minimum absolute atomic E-state index is 0.113. The van der Waals surface area contributed by atoms with Crippen LogP contribution in [0.25, 0.3) is 0 Å². The zero-order chi connectivity index (χ0) is 15.8. The largest absolute Gasteiger partial charge is 0.392 e. The number of nitrogens with one attached hydrogen (secondary N) is 1. The molecular weight excluding hydrogens is 293 g/mol. The molecule has 2 unspecified atom stereocenters. The molecule has 1 saturated carbocycles. The second kappa shape index (κ2) is 6.02. The maximum atomic E-state index is 13.2. The summed E-state index contributed by atoms with van der Waals surface area (Å²) < 4.78 is 39.5. The van der Waals surface area contributed by atoms with E-state index < -0.39 is 18.0 Å². The van der Waals surface area contributed by atoms with Crippen molar-refractivity contribution in [3.05, 3.63) is 0 Å². The molecule has 1 spiro atoms. The van der Waals surface area contributed by atoms with Crippen LogP contribution in [0, 0.1) is 17.3 Å². The Balaban J connectivity index is 1.63. The molecule has 126 valence electrons. The molecule has 3 rings (SSSR count). The maximum absolute atomic E-state index is 13.2. The molecule has 1 amide bonds. The van der Waals surface area contributed by atoms with Gasteiger partial charge in [-0.3, -0.25) is 4.79 Å². The molecule has 0 aromatic heterocycles. The highest BCUT2D eigenvalue weighted by molar-refractivity contribution is 5.79. The Morgan fingerprint density at radius 2 is 1.77 bits per heavy atom. The van der Waals surface area contributed by atoms with Crippen molar-refractivity contribution in [2.75, 3.05) is 26.2 Å². The lowest BCUT2D eigenvalue weighted by Crippen LogP contribution is -2.49. The second-order valence-corrected chi connectivity index (χ2v) is 7.29. The fraction of sp³-hybridized carbons (Fsp3) is 0.938. The van der Waals surface area contributed by atoms with Gasteiger partial charge in [0.05, 0.1) is 5.92 Å². The van der Waals surface area contributed by atoms with E-state index >= 15 is 0 Å². The quantitative estimate of drug-likeness (QED) is 0.806. The maximum Gasteiger partial charge on any atom is 0.392 e. The van der Waals surface area contributed by atoms with Gasteiger partial charge >= 0.3 is 6.18 Å². The smallest absolute Gasteiger partial charge is 0.342 e. The average Bonchev–Trinajstić information content (AvgIpc) is 2.95. The second-order valence-electron chi connectivity index (χ2n) is 7.29. The Bertz CT molecular complexity index is 408. The van der Waals surface area contributed by atoms with Crippen LogP contribution < -0.4 is 5.32 Å². The standard InChI is InChI=1S/C16H25F3N2O/c17-16(18,19)13-4-2-1-3-12(13)14(22)21-9-6-15(7-10-21)5-8-20-11-15/h12-13,20H,1-11H2. The van der Waals surface area contributed by atoms with Gasteiger partial charge < -0.3 is 10.2 Å². The molecular formula is C16H25F3N2O. The number of amides is 1. The first-order valence-electron chi connectivity index (χ1n) is 8.48. The molecule has 0 bridgehead atoms. The lowest BCUT2D eigenvalue weighted by molar-refractivity contribution is -0.201. The first kappa shape index (κ1) is 16.1. The SMILES string of the molecule is O=C(C1CCCCC1C(F)(F)F)N1CCC2(CCNC2)CC1. The minimum atomic E-state index is -4.24. The van der Waals surface area contributed by atoms with Gasteiger partial charge in [-0.25, -0.2) is 0 Å². The molecule has 6 heteroatoms. The van der Waals surface area contributed by atoms with E-state index in [4.69, 9.17) is 0 Å². The van der Waals surface area contributed by atoms with Crippen molar-refractivity contribution in [1.29, 1.82) is 0 Å². The normalized spacial score (nSPS) is 32.4. The summed E-state index contributed by atoms with van der Waals surface area (Å²) in [6.07, 6.45) is 0.572. The predicted molar refractivity (Wildman–Crippen MR) is 77.2 cm³/mol. The number of nitrogens with zero attached hydrogens (tertiary/aromatic N) is 1. The van der Waals surface area contributed by atoms with Gasteiger partial charge in [-0.1, -0.05) is 12.8 Å². The number of carbonyl (C=O) groups excluding carboxylic acids is 1. The monoisotopic (exact) mass is 318 g/mol. The summed E-state index contributed by atoms with van der Waals surface area (Å²) in [6, 6.07) is 0. The van der Waals surface area contributed by atoms with Crippen molar-refractivity contribution < 1.29 is 18.0 Å². The molecule has 2 saturated heterocycles. The van der Waals surface area contributed by atoms with Crippen molar-refractivity contribution in [1.82, 2.24) is 10.2 Å². The third-order valence-corrected chi connectivity index (χ3v) is 5.97. The summed E-state index contributed by atoms with van der Waals surface area (Å²) in [5, 5.41) is 3.36. The zero-order valence-electron chi connectivity index (χ0n) is 12.9. The molecule has 1 aliphatic carbocycles. The number of piperidine rings is 1. The number of hydrogen-bond donors (Lipinski definition) is 1. The number of alkyl halides is 3. The van der Waals surface area contributed by atoms with E-state index in [-0.39, 0.29) is 17.7 Å². The number of carbonyl (C=O) groups is 1. The molecule has 0 radical (unpaired) electrons. The Kier molecular flexibility index (Phi) is 4.40. The molecule has 3 fully saturated rings. The van der Waals surface area contributed by atoms with E-state index in [9.17, 15) is 18.0 Å². The van der Waals surface area contributed by atoms with Crippen molar-refractivity contribution in [2.45, 2.75) is 51.1 Å². The Hall–Kier alpha value is -0.780. The van der Waals surface area contributed by atoms with Crippen LogP contribution in [0.1, 0.15) is 44.9 Å². The summed E-state index contributed by atoms with van der Waals surface area (Å²) >= 11 is 0. The average molecular weight is 318 g/mol. The summed E-state index contributed by atoms with van der Waals surface area (Å²) in [7, 11) is 0. The van der Waals surface area contributed by atoms with Crippen molar-refractivity contribution >= 4 is 5.91 Å². The highest BCUT2D eigenvalue weighted by atomic mass is 19.4. The minimum Gasteiger partial charge on any atom is -0.342 e. The fourth-order valence-corrected chi connectivity index (χ4v) is 4.48. The first-order valence-corrected chi connectivity index (χ1v) is 8.48. The van der Waals surface area contributed by atoms with Crippen LogP contribution in [-0.2, 0) is 4.79 Å². The van der Waals surface area contributed by atoms with E-state index in [1.807, 2.05) is 0 Å². The number of halogens is 3. The number of likely N-dealkylation sites (tertiary alicyclic amines) is 1. The van der Waals surface area contributed by atoms with Gasteiger partial charge in [0.15, 0.2) is 0 Å². The highest BCUT2D eigenvalue weighted by Gasteiger charge is 2.49. The van der Waals surface area contributed by atoms with Crippen molar-refractivity contribution in [2.24, 2.45) is 17.3 Å². The third-order valence-electron chi connectivity index (χ3n) is 5.97. The van der Waals surface area contributed by atoms with Gasteiger partial charge in [-0.05, 0) is 44.1 Å². The van der Waals surface area contributed by atoms with Crippen LogP contribution in [-0.4, -0.2) is 43.2 Å². The van der Waals surface area contributed by atoms with Crippen LogP contribution in [0.5, 0.6) is 0 Å². The lowest BCUT2D eigenvalue weighted by Gasteiger charge is -2.42. The topological polar surface area (TPSA) is 32.3 Å². The fourth-order valence-electron chi connectivity index (χ4n) is 4.48. The van der Waals surface area contributed by atoms with E-state index in [2.05, 4.69) is 5.32 Å². The molecule has 1 N–H and O–H groups in total. The van der Waals surface area contributed by atoms with Crippen LogP contribution in [0.3, 0.4) is 0 Å². The third kappa shape index (κ3) is 3.12. The highest BCUT2D eigenvalue weighted by Crippen LogP contribution is 2.43. The van der Waals surface area contributed by atoms with E-state index in [1.165, 1.54) is 0 Å². The summed E-state index contributed by atoms with van der Waals surface area (Å²) in [5.41, 5.74) is 0.284. The number of rotatable bonds is 1. The van der Waals surface area contributed by atoms with E-state index in [0.29, 0.717) is 25.9 Å². The van der Waals surface area contributed by atoms with Gasteiger partial charge in [0.1, 0.15) is 0 Å². The molecule has 3 nitrogen and oxygen atoms in total. The Morgan fingerprint density at radius 1 is 1.09 bits per heavy atom. The molecule has 0 aromatic rings. The molecule has 22 heavy (non-hydrogen) atoms. The summed E-state index contributed by atoms with van der Waals surface area (Å²) in [6.45, 7) is 3.26. The zero-order valence-corrected chi connectivity index (χ0v) is 12.9. The lowest BCUT2D eigenvalue weighted by atomic mass is 9.75. The van der Waals surface area contributed by atoms with E-state index in [1.54, 1.807) is 4.90 Å². The molecule has 0 aromatic carbocycles.